The van der Waals surface area contributed by atoms with Gasteiger partial charge >= 0.3 is 0 Å². The van der Waals surface area contributed by atoms with Crippen LogP contribution in [0, 0.1) is 11.8 Å². The number of phenolic OH excluding ortho intramolecular Hbond substituents is 2. The molecule has 7 N–H and O–H groups in total. The van der Waals surface area contributed by atoms with Crippen molar-refractivity contribution in [2.75, 3.05) is 54.2 Å². The predicted octanol–water partition coefficient (Wildman–Crippen LogP) is 4.51. The molecule has 2 amide bonds. The minimum atomic E-state index is -1.93. The molecule has 19 heteroatoms. The van der Waals surface area contributed by atoms with Crippen LogP contribution in [-0.2, 0) is 51.0 Å². The van der Waals surface area contributed by atoms with E-state index in [1.54, 1.807) is 21.1 Å². The van der Waals surface area contributed by atoms with Gasteiger partial charge in [0.15, 0.2) is 23.6 Å². The SMILES string of the molecule is CCC.CCC(C)(N)C(=O)C1CCC(CN2C(=O)CC(SC3OCCN[C@@H]3OC)C2=O)CC1.CO[C@H]1CCCCO1.COc1cccc2c1C(=O)c1c(O)c3c(c(O)c1C2=O)C[C@@](O)(C(=O)CO)CC3. The summed E-state index contributed by atoms with van der Waals surface area (Å²) in [4.78, 5) is 77.6. The Labute approximate surface area is 414 Å². The minimum absolute atomic E-state index is 0.00456. The highest BCUT2D eigenvalue weighted by Crippen LogP contribution is 2.48. The zero-order chi connectivity index (χ0) is 51.5. The predicted molar refractivity (Wildman–Crippen MR) is 260 cm³/mol. The molecule has 4 fully saturated rings. The zero-order valence-corrected chi connectivity index (χ0v) is 42.5. The number of thioether (sulfide) groups is 1. The van der Waals surface area contributed by atoms with E-state index in [-0.39, 0.29) is 112 Å². The van der Waals surface area contributed by atoms with Gasteiger partial charge in [0.1, 0.15) is 41.1 Å². The summed E-state index contributed by atoms with van der Waals surface area (Å²) in [6.07, 6.45) is 8.12. The minimum Gasteiger partial charge on any atom is -0.507 e. The van der Waals surface area contributed by atoms with E-state index in [0.717, 1.165) is 38.7 Å². The number of carbonyl (C=O) groups excluding carboxylic acids is 6. The van der Waals surface area contributed by atoms with Crippen molar-refractivity contribution in [3.63, 3.8) is 0 Å². The number of nitrogens with zero attached hydrogens (tertiary/aromatic N) is 1. The van der Waals surface area contributed by atoms with Gasteiger partial charge in [0.25, 0.3) is 0 Å². The van der Waals surface area contributed by atoms with Crippen LogP contribution in [0.25, 0.3) is 0 Å². The number of carbonyl (C=O) groups is 6. The first kappa shape index (κ1) is 56.6. The van der Waals surface area contributed by atoms with Crippen LogP contribution in [0.2, 0.25) is 0 Å². The van der Waals surface area contributed by atoms with Crippen LogP contribution in [0.4, 0.5) is 0 Å². The van der Waals surface area contributed by atoms with E-state index in [9.17, 15) is 44.1 Å². The number of aromatic hydroxyl groups is 2. The lowest BCUT2D eigenvalue weighted by Gasteiger charge is -2.34. The van der Waals surface area contributed by atoms with Crippen molar-refractivity contribution in [3.05, 3.63) is 51.6 Å². The molecule has 0 radical (unpaired) electrons. The van der Waals surface area contributed by atoms with Crippen LogP contribution in [0.15, 0.2) is 18.2 Å². The first-order chi connectivity index (χ1) is 33.4. The van der Waals surface area contributed by atoms with Crippen molar-refractivity contribution in [3.8, 4) is 17.2 Å². The number of Topliss-reactive ketones (excluding diaryl/α,β-unsaturated/α-hetero) is 2. The van der Waals surface area contributed by atoms with Gasteiger partial charge in [0.05, 0.1) is 41.2 Å². The van der Waals surface area contributed by atoms with Crippen molar-refractivity contribution >= 4 is 46.7 Å². The van der Waals surface area contributed by atoms with Gasteiger partial charge in [-0.1, -0.05) is 39.3 Å². The number of benzene rings is 2. The summed E-state index contributed by atoms with van der Waals surface area (Å²) < 4.78 is 26.5. The molecule has 3 saturated heterocycles. The van der Waals surface area contributed by atoms with E-state index in [0.29, 0.717) is 26.1 Å². The first-order valence-electron chi connectivity index (χ1n) is 24.4. The second-order valence-electron chi connectivity index (χ2n) is 18.8. The highest BCUT2D eigenvalue weighted by Gasteiger charge is 2.46. The summed E-state index contributed by atoms with van der Waals surface area (Å²) in [6, 6.07) is 4.47. The fourth-order valence-electron chi connectivity index (χ4n) is 9.59. The molecular formula is C51H73N3O15S. The fourth-order valence-corrected chi connectivity index (χ4v) is 10.9. The number of ketones is 4. The maximum atomic E-state index is 13.1. The van der Waals surface area contributed by atoms with E-state index >= 15 is 0 Å². The topological polar surface area (TPSA) is 271 Å². The highest BCUT2D eigenvalue weighted by molar-refractivity contribution is 8.01. The highest BCUT2D eigenvalue weighted by atomic mass is 32.2. The number of phenols is 2. The lowest BCUT2D eigenvalue weighted by atomic mass is 9.73. The molecule has 6 aliphatic rings. The molecule has 70 heavy (non-hydrogen) atoms. The summed E-state index contributed by atoms with van der Waals surface area (Å²) in [5.41, 5.74) is 2.68. The Morgan fingerprint density at radius 2 is 1.59 bits per heavy atom. The van der Waals surface area contributed by atoms with E-state index in [1.807, 2.05) is 6.92 Å². The smallest absolute Gasteiger partial charge is 0.242 e. The number of hydrogen-bond acceptors (Lipinski definition) is 18. The molecule has 0 aromatic heterocycles. The summed E-state index contributed by atoms with van der Waals surface area (Å²) in [5.74, 6) is -2.86. The molecule has 18 nitrogen and oxygen atoms in total. The molecule has 6 atom stereocenters. The molecule has 3 heterocycles. The lowest BCUT2D eigenvalue weighted by Crippen LogP contribution is -2.49. The molecule has 0 bridgehead atoms. The standard InChI is InChI=1S/C21H35N3O5S.C21H18O8.C6H12O2.C3H8/c1-4-21(2,22)17(26)14-7-5-13(6-8-14)12-24-16(25)11-15(19(24)27)30-20-18(28-3)23-9-10-29-20;1-29-12-4-2-3-10-14(12)20(27)16-15(18(10)25)19(26)11-7-21(28,13(23)8-22)6-5-9(11)17(16)24;1-7-6-4-2-3-5-8-6;1-3-2/h13-15,18,20,23H,4-12,22H2,1-3H3;2-4,22,24,26,28H,5-8H2,1H3;6H,2-5H2,1H3;3H2,1-2H3/t13?,14?,15?,18-,20?,21?;21-;6-;/m111./s1. The van der Waals surface area contributed by atoms with Crippen LogP contribution >= 0.6 is 11.8 Å². The molecular weight excluding hydrogens is 927 g/mol. The average Bonchev–Trinajstić information content (AvgIpc) is 3.63. The zero-order valence-electron chi connectivity index (χ0n) is 41.6. The Morgan fingerprint density at radius 3 is 2.17 bits per heavy atom. The van der Waals surface area contributed by atoms with Gasteiger partial charge in [0, 0.05) is 69.4 Å². The molecule has 2 aromatic carbocycles. The van der Waals surface area contributed by atoms with E-state index in [4.69, 9.17) is 34.5 Å². The van der Waals surface area contributed by atoms with Gasteiger partial charge in [-0.2, -0.15) is 0 Å². The lowest BCUT2D eigenvalue weighted by molar-refractivity contribution is -0.145. The van der Waals surface area contributed by atoms with Gasteiger partial charge < -0.3 is 49.8 Å². The Morgan fingerprint density at radius 1 is 0.914 bits per heavy atom. The van der Waals surface area contributed by atoms with Crippen molar-refractivity contribution in [1.82, 2.24) is 10.2 Å². The van der Waals surface area contributed by atoms with E-state index < -0.39 is 51.8 Å². The number of fused-ring (bicyclic) bond motifs is 3. The number of morpholine rings is 1. The van der Waals surface area contributed by atoms with Gasteiger partial charge in [-0.15, -0.1) is 11.8 Å². The Hall–Kier alpha value is -4.31. The monoisotopic (exact) mass is 999 g/mol. The maximum Gasteiger partial charge on any atom is 0.242 e. The summed E-state index contributed by atoms with van der Waals surface area (Å²) in [6.45, 7) is 9.68. The number of nitrogens with one attached hydrogen (secondary N) is 1. The molecule has 1 saturated carbocycles. The average molecular weight is 1000 g/mol. The number of rotatable bonds is 12. The summed E-state index contributed by atoms with van der Waals surface area (Å²) in [5, 5.41) is 44.1. The number of amides is 2. The van der Waals surface area contributed by atoms with Crippen LogP contribution in [0.3, 0.4) is 0 Å². The quantitative estimate of drug-likeness (QED) is 0.108. The number of methoxy groups -OCH3 is 3. The van der Waals surface area contributed by atoms with E-state index in [2.05, 4.69) is 19.2 Å². The number of likely N-dealkylation sites (tertiary alicyclic amines) is 1. The summed E-state index contributed by atoms with van der Waals surface area (Å²) >= 11 is 1.37. The largest absolute Gasteiger partial charge is 0.507 e. The third-order valence-electron chi connectivity index (χ3n) is 13.8. The first-order valence-corrected chi connectivity index (χ1v) is 25.4. The third kappa shape index (κ3) is 12.6. The van der Waals surface area contributed by atoms with Crippen molar-refractivity contribution in [2.24, 2.45) is 17.6 Å². The Balaban J connectivity index is 0.000000215. The van der Waals surface area contributed by atoms with Crippen LogP contribution in [0.5, 0.6) is 17.2 Å². The normalized spacial score (nSPS) is 26.9. The second-order valence-corrected chi connectivity index (χ2v) is 20.2. The van der Waals surface area contributed by atoms with Crippen molar-refractivity contribution in [1.29, 1.82) is 0 Å². The van der Waals surface area contributed by atoms with Crippen molar-refractivity contribution in [2.45, 2.75) is 146 Å². The van der Waals surface area contributed by atoms with Gasteiger partial charge in [-0.3, -0.25) is 39.0 Å². The number of aliphatic hydroxyl groups is 2. The number of ether oxygens (including phenoxy) is 5. The fraction of sp³-hybridized carbons (Fsp3) is 0.647. The summed E-state index contributed by atoms with van der Waals surface area (Å²) in [7, 11) is 4.64. The number of imide groups is 1. The Bertz CT molecular complexity index is 2210. The molecule has 3 aliphatic carbocycles. The molecule has 3 aliphatic heterocycles. The molecule has 388 valence electrons. The van der Waals surface area contributed by atoms with Crippen LogP contribution < -0.4 is 15.8 Å². The number of hydrogen-bond donors (Lipinski definition) is 6. The molecule has 3 unspecified atom stereocenters. The maximum absolute atomic E-state index is 13.1. The Kier molecular flexibility index (Phi) is 20.5. The van der Waals surface area contributed by atoms with Crippen LogP contribution in [-0.4, -0.2) is 149 Å². The van der Waals surface area contributed by atoms with Gasteiger partial charge in [0.2, 0.25) is 17.6 Å². The second kappa shape index (κ2) is 25.4. The van der Waals surface area contributed by atoms with Gasteiger partial charge in [-0.05, 0) is 83.1 Å². The molecule has 0 spiro atoms. The van der Waals surface area contributed by atoms with Crippen LogP contribution in [0.1, 0.15) is 141 Å². The number of aliphatic hydroxyl groups excluding tert-OH is 1. The number of nitrogens with two attached hydrogens (primary N) is 1. The molecule has 2 aromatic rings. The van der Waals surface area contributed by atoms with Gasteiger partial charge in [-0.25, -0.2) is 0 Å². The van der Waals surface area contributed by atoms with Crippen molar-refractivity contribution < 1.29 is 72.9 Å². The molecule has 8 rings (SSSR count). The van der Waals surface area contributed by atoms with E-state index in [1.165, 1.54) is 61.2 Å². The third-order valence-corrected chi connectivity index (χ3v) is 15.2.